The molecule has 0 aliphatic heterocycles. The first-order valence-corrected chi connectivity index (χ1v) is 6.97. The summed E-state index contributed by atoms with van der Waals surface area (Å²) in [6.07, 6.45) is 1.73. The topological polar surface area (TPSA) is 84.5 Å². The maximum Gasteiger partial charge on any atom is 0.337 e. The van der Waals surface area contributed by atoms with E-state index in [0.717, 1.165) is 12.8 Å². The van der Waals surface area contributed by atoms with Gasteiger partial charge in [0.2, 0.25) is 0 Å². The van der Waals surface area contributed by atoms with Crippen LogP contribution in [0, 0.1) is 0 Å². The molecule has 98 valence electrons. The van der Waals surface area contributed by atoms with E-state index in [-0.39, 0.29) is 6.04 Å². The summed E-state index contributed by atoms with van der Waals surface area (Å²) in [6, 6.07) is 6.17. The lowest BCUT2D eigenvalue weighted by molar-refractivity contribution is 0.0601. The maximum atomic E-state index is 11.7. The molecule has 2 N–H and O–H groups in total. The zero-order valence-electron chi connectivity index (χ0n) is 9.84. The minimum atomic E-state index is -3.57. The molecule has 0 heterocycles. The molecule has 7 heteroatoms. The van der Waals surface area contributed by atoms with Gasteiger partial charge in [0.1, 0.15) is 0 Å². The molecule has 0 amide bonds. The molecule has 2 rings (SSSR count). The van der Waals surface area contributed by atoms with Gasteiger partial charge in [0, 0.05) is 6.04 Å². The fourth-order valence-corrected chi connectivity index (χ4v) is 2.60. The van der Waals surface area contributed by atoms with Gasteiger partial charge in [-0.25, -0.2) is 4.79 Å². The molecule has 18 heavy (non-hydrogen) atoms. The number of carbonyl (C=O) groups is 1. The third-order valence-electron chi connectivity index (χ3n) is 2.44. The Morgan fingerprint density at radius 3 is 2.72 bits per heavy atom. The van der Waals surface area contributed by atoms with Gasteiger partial charge in [0.05, 0.1) is 18.4 Å². The van der Waals surface area contributed by atoms with Gasteiger partial charge >= 0.3 is 5.97 Å². The molecular formula is C11H14N2O4S. The van der Waals surface area contributed by atoms with E-state index in [0.29, 0.717) is 11.3 Å². The van der Waals surface area contributed by atoms with Gasteiger partial charge in [-0.05, 0) is 31.0 Å². The lowest BCUT2D eigenvalue weighted by Gasteiger charge is -2.09. The lowest BCUT2D eigenvalue weighted by atomic mass is 10.2. The molecule has 0 aromatic heterocycles. The molecule has 6 nitrogen and oxygen atoms in total. The Hall–Kier alpha value is -1.60. The van der Waals surface area contributed by atoms with Crippen LogP contribution in [0.5, 0.6) is 0 Å². The third kappa shape index (κ3) is 3.44. The highest BCUT2D eigenvalue weighted by atomic mass is 32.2. The van der Waals surface area contributed by atoms with Gasteiger partial charge in [0.25, 0.3) is 10.2 Å². The Morgan fingerprint density at radius 2 is 2.11 bits per heavy atom. The Labute approximate surface area is 106 Å². The number of anilines is 1. The maximum absolute atomic E-state index is 11.7. The van der Waals surface area contributed by atoms with Crippen LogP contribution in [0.25, 0.3) is 0 Å². The summed E-state index contributed by atoms with van der Waals surface area (Å²) < 4.78 is 32.7. The smallest absolute Gasteiger partial charge is 0.337 e. The first-order valence-electron chi connectivity index (χ1n) is 5.48. The average molecular weight is 270 g/mol. The molecule has 1 aromatic rings. The molecule has 0 unspecified atom stereocenters. The van der Waals surface area contributed by atoms with Crippen LogP contribution in [0.3, 0.4) is 0 Å². The van der Waals surface area contributed by atoms with Crippen molar-refractivity contribution < 1.29 is 17.9 Å². The number of hydrogen-bond donors (Lipinski definition) is 2. The molecular weight excluding hydrogens is 256 g/mol. The summed E-state index contributed by atoms with van der Waals surface area (Å²) in [6.45, 7) is 0. The van der Waals surface area contributed by atoms with Gasteiger partial charge < -0.3 is 4.74 Å². The van der Waals surface area contributed by atoms with E-state index >= 15 is 0 Å². The van der Waals surface area contributed by atoms with Crippen LogP contribution in [-0.2, 0) is 14.9 Å². The second kappa shape index (κ2) is 4.95. The van der Waals surface area contributed by atoms with Gasteiger partial charge in [-0.15, -0.1) is 0 Å². The minimum absolute atomic E-state index is 0.0336. The van der Waals surface area contributed by atoms with Crippen LogP contribution in [0.1, 0.15) is 23.2 Å². The fourth-order valence-electron chi connectivity index (χ4n) is 1.43. The number of nitrogens with one attached hydrogen (secondary N) is 2. The minimum Gasteiger partial charge on any atom is -0.465 e. The Balaban J connectivity index is 2.11. The number of methoxy groups -OCH3 is 1. The Bertz CT molecular complexity index is 552. The van der Waals surface area contributed by atoms with Gasteiger partial charge in [-0.2, -0.15) is 13.1 Å². The fraction of sp³-hybridized carbons (Fsp3) is 0.364. The number of esters is 1. The number of carbonyl (C=O) groups excluding carboxylic acids is 1. The predicted octanol–water partition coefficient (Wildman–Crippen LogP) is 0.882. The van der Waals surface area contributed by atoms with Crippen molar-refractivity contribution in [1.82, 2.24) is 4.72 Å². The van der Waals surface area contributed by atoms with E-state index in [1.807, 2.05) is 0 Å². The molecule has 0 atom stereocenters. The van der Waals surface area contributed by atoms with E-state index in [1.165, 1.54) is 13.2 Å². The molecule has 0 radical (unpaired) electrons. The van der Waals surface area contributed by atoms with E-state index in [9.17, 15) is 13.2 Å². The summed E-state index contributed by atoms with van der Waals surface area (Å²) in [5.41, 5.74) is 0.621. The zero-order valence-corrected chi connectivity index (χ0v) is 10.7. The van der Waals surface area contributed by atoms with E-state index < -0.39 is 16.2 Å². The molecule has 0 saturated heterocycles. The molecule has 1 saturated carbocycles. The highest BCUT2D eigenvalue weighted by Gasteiger charge is 2.26. The number of rotatable bonds is 5. The van der Waals surface area contributed by atoms with Crippen molar-refractivity contribution in [1.29, 1.82) is 0 Å². The number of ether oxygens (including phenoxy) is 1. The first kappa shape index (κ1) is 12.8. The van der Waals surface area contributed by atoms with Crippen LogP contribution >= 0.6 is 0 Å². The standard InChI is InChI=1S/C11H14N2O4S/c1-17-11(14)8-3-2-4-10(7-8)13-18(15,16)12-9-5-6-9/h2-4,7,9,12-13H,5-6H2,1H3. The average Bonchev–Trinajstić information content (AvgIpc) is 3.10. The number of benzene rings is 1. The van der Waals surface area contributed by atoms with Crippen LogP contribution in [-0.4, -0.2) is 27.5 Å². The summed E-state index contributed by atoms with van der Waals surface area (Å²) in [7, 11) is -2.30. The second-order valence-electron chi connectivity index (χ2n) is 4.07. The van der Waals surface area contributed by atoms with Crippen LogP contribution in [0.4, 0.5) is 5.69 Å². The lowest BCUT2D eigenvalue weighted by Crippen LogP contribution is -2.31. The third-order valence-corrected chi connectivity index (χ3v) is 3.58. The van der Waals surface area contributed by atoms with Crippen LogP contribution in [0.15, 0.2) is 24.3 Å². The molecule has 1 fully saturated rings. The Morgan fingerprint density at radius 1 is 1.39 bits per heavy atom. The summed E-state index contributed by atoms with van der Waals surface area (Å²) in [4.78, 5) is 11.3. The molecule has 1 aliphatic rings. The monoisotopic (exact) mass is 270 g/mol. The van der Waals surface area contributed by atoms with Crippen molar-refractivity contribution in [2.45, 2.75) is 18.9 Å². The normalized spacial score (nSPS) is 15.2. The van der Waals surface area contributed by atoms with Gasteiger partial charge in [-0.1, -0.05) is 6.07 Å². The summed E-state index contributed by atoms with van der Waals surface area (Å²) in [5, 5.41) is 0. The van der Waals surface area contributed by atoms with Crippen LogP contribution in [0.2, 0.25) is 0 Å². The first-order chi connectivity index (χ1) is 8.50. The molecule has 1 aromatic carbocycles. The van der Waals surface area contributed by atoms with Gasteiger partial charge in [0.15, 0.2) is 0 Å². The largest absolute Gasteiger partial charge is 0.465 e. The van der Waals surface area contributed by atoms with Crippen LogP contribution < -0.4 is 9.44 Å². The molecule has 0 spiro atoms. The highest BCUT2D eigenvalue weighted by molar-refractivity contribution is 7.90. The SMILES string of the molecule is COC(=O)c1cccc(NS(=O)(=O)NC2CC2)c1. The quantitative estimate of drug-likeness (QED) is 0.778. The molecule has 0 bridgehead atoms. The van der Waals surface area contributed by atoms with Gasteiger partial charge in [-0.3, -0.25) is 4.72 Å². The summed E-state index contributed by atoms with van der Waals surface area (Å²) in [5.74, 6) is -0.508. The Kier molecular flexibility index (Phi) is 3.53. The second-order valence-corrected chi connectivity index (χ2v) is 5.52. The van der Waals surface area contributed by atoms with Crippen molar-refractivity contribution in [2.75, 3.05) is 11.8 Å². The van der Waals surface area contributed by atoms with Crippen molar-refractivity contribution in [3.63, 3.8) is 0 Å². The van der Waals surface area contributed by atoms with Crippen molar-refractivity contribution in [2.24, 2.45) is 0 Å². The highest BCUT2D eigenvalue weighted by Crippen LogP contribution is 2.20. The number of hydrogen-bond acceptors (Lipinski definition) is 4. The van der Waals surface area contributed by atoms with E-state index in [4.69, 9.17) is 0 Å². The van der Waals surface area contributed by atoms with Crippen molar-refractivity contribution in [3.8, 4) is 0 Å². The van der Waals surface area contributed by atoms with Crippen molar-refractivity contribution in [3.05, 3.63) is 29.8 Å². The molecule has 1 aliphatic carbocycles. The van der Waals surface area contributed by atoms with E-state index in [1.54, 1.807) is 18.2 Å². The summed E-state index contributed by atoms with van der Waals surface area (Å²) >= 11 is 0. The zero-order chi connectivity index (χ0) is 13.2. The predicted molar refractivity (Wildman–Crippen MR) is 66.5 cm³/mol. The van der Waals surface area contributed by atoms with E-state index in [2.05, 4.69) is 14.2 Å². The van der Waals surface area contributed by atoms with Crippen molar-refractivity contribution >= 4 is 21.9 Å².